The van der Waals surface area contributed by atoms with E-state index in [1.807, 2.05) is 56.3 Å². The van der Waals surface area contributed by atoms with Crippen LogP contribution in [0.5, 0.6) is 0 Å². The number of aryl methyl sites for hydroxylation is 1. The molecule has 0 spiro atoms. The fraction of sp³-hybridized carbons (Fsp3) is 0.250. The third kappa shape index (κ3) is 3.36. The molecule has 3 aromatic rings. The molecule has 0 saturated heterocycles. The highest BCUT2D eigenvalue weighted by Crippen LogP contribution is 2.31. The summed E-state index contributed by atoms with van der Waals surface area (Å²) >= 11 is 0. The van der Waals surface area contributed by atoms with E-state index < -0.39 is 0 Å². The SMILES string of the molecule is Cc1ccccc1-c1nnn(CC(=O)N2c3ccccc3NC(=O)C[C@@H]2C)n1. The second kappa shape index (κ2) is 7.22. The lowest BCUT2D eigenvalue weighted by atomic mass is 10.1. The van der Waals surface area contributed by atoms with Crippen LogP contribution < -0.4 is 10.2 Å². The molecule has 0 radical (unpaired) electrons. The van der Waals surface area contributed by atoms with Crippen molar-refractivity contribution in [3.05, 3.63) is 54.1 Å². The largest absolute Gasteiger partial charge is 0.324 e. The second-order valence-electron chi connectivity index (χ2n) is 6.84. The number of nitrogens with one attached hydrogen (secondary N) is 1. The molecule has 1 aliphatic heterocycles. The summed E-state index contributed by atoms with van der Waals surface area (Å²) in [5.74, 6) is 0.160. The van der Waals surface area contributed by atoms with Gasteiger partial charge in [0.05, 0.1) is 11.4 Å². The Morgan fingerprint density at radius 2 is 1.93 bits per heavy atom. The summed E-state index contributed by atoms with van der Waals surface area (Å²) in [5.41, 5.74) is 3.21. The van der Waals surface area contributed by atoms with Gasteiger partial charge in [0, 0.05) is 18.0 Å². The van der Waals surface area contributed by atoms with Gasteiger partial charge in [-0.15, -0.1) is 10.2 Å². The maximum Gasteiger partial charge on any atom is 0.250 e. The fourth-order valence-corrected chi connectivity index (χ4v) is 3.41. The van der Waals surface area contributed by atoms with Crippen LogP contribution in [0.25, 0.3) is 11.4 Å². The molecule has 142 valence electrons. The number of hydrogen-bond acceptors (Lipinski definition) is 5. The first-order valence-electron chi connectivity index (χ1n) is 9.07. The molecule has 28 heavy (non-hydrogen) atoms. The normalized spacial score (nSPS) is 16.3. The van der Waals surface area contributed by atoms with Gasteiger partial charge < -0.3 is 10.2 Å². The summed E-state index contributed by atoms with van der Waals surface area (Å²) in [5, 5.41) is 15.3. The molecule has 0 aliphatic carbocycles. The zero-order chi connectivity index (χ0) is 19.7. The van der Waals surface area contributed by atoms with Crippen molar-refractivity contribution in [2.24, 2.45) is 0 Å². The number of nitrogens with zero attached hydrogens (tertiary/aromatic N) is 5. The minimum Gasteiger partial charge on any atom is -0.324 e. The number of amides is 2. The highest BCUT2D eigenvalue weighted by molar-refractivity contribution is 6.04. The lowest BCUT2D eigenvalue weighted by Crippen LogP contribution is -2.41. The summed E-state index contributed by atoms with van der Waals surface area (Å²) in [6.45, 7) is 3.76. The predicted octanol–water partition coefficient (Wildman–Crippen LogP) is 2.41. The van der Waals surface area contributed by atoms with Crippen LogP contribution in [0.15, 0.2) is 48.5 Å². The van der Waals surface area contributed by atoms with Gasteiger partial charge in [0.1, 0.15) is 6.54 Å². The van der Waals surface area contributed by atoms with E-state index in [9.17, 15) is 9.59 Å². The number of para-hydroxylation sites is 2. The topological polar surface area (TPSA) is 93.0 Å². The number of benzene rings is 2. The Labute approximate surface area is 162 Å². The average Bonchev–Trinajstić information content (AvgIpc) is 3.06. The van der Waals surface area contributed by atoms with Crippen LogP contribution in [-0.4, -0.2) is 38.1 Å². The zero-order valence-electron chi connectivity index (χ0n) is 15.7. The van der Waals surface area contributed by atoms with Crippen LogP contribution in [0.1, 0.15) is 18.9 Å². The van der Waals surface area contributed by atoms with Crippen molar-refractivity contribution in [2.75, 3.05) is 10.2 Å². The van der Waals surface area contributed by atoms with Crippen LogP contribution >= 0.6 is 0 Å². The molecule has 2 amide bonds. The van der Waals surface area contributed by atoms with Gasteiger partial charge in [-0.1, -0.05) is 36.4 Å². The molecular weight excluding hydrogens is 356 g/mol. The van der Waals surface area contributed by atoms with E-state index in [1.54, 1.807) is 11.0 Å². The Morgan fingerprint density at radius 3 is 2.75 bits per heavy atom. The van der Waals surface area contributed by atoms with E-state index in [-0.39, 0.29) is 30.8 Å². The molecule has 0 unspecified atom stereocenters. The lowest BCUT2D eigenvalue weighted by molar-refractivity contribution is -0.120. The number of fused-ring (bicyclic) bond motifs is 1. The van der Waals surface area contributed by atoms with Crippen molar-refractivity contribution in [3.63, 3.8) is 0 Å². The molecule has 0 saturated carbocycles. The van der Waals surface area contributed by atoms with E-state index in [0.29, 0.717) is 17.2 Å². The molecule has 0 bridgehead atoms. The lowest BCUT2D eigenvalue weighted by Gasteiger charge is -2.27. The molecule has 1 N–H and O–H groups in total. The van der Waals surface area contributed by atoms with Crippen molar-refractivity contribution >= 4 is 23.2 Å². The van der Waals surface area contributed by atoms with E-state index in [1.165, 1.54) is 4.80 Å². The number of rotatable bonds is 3. The first-order valence-corrected chi connectivity index (χ1v) is 9.07. The monoisotopic (exact) mass is 376 g/mol. The van der Waals surface area contributed by atoms with E-state index in [2.05, 4.69) is 20.7 Å². The molecule has 1 aliphatic rings. The van der Waals surface area contributed by atoms with E-state index >= 15 is 0 Å². The number of carbonyl (C=O) groups is 2. The summed E-state index contributed by atoms with van der Waals surface area (Å²) in [4.78, 5) is 28.1. The summed E-state index contributed by atoms with van der Waals surface area (Å²) in [6, 6.07) is 14.7. The Kier molecular flexibility index (Phi) is 4.60. The summed E-state index contributed by atoms with van der Waals surface area (Å²) in [7, 11) is 0. The van der Waals surface area contributed by atoms with Gasteiger partial charge in [-0.3, -0.25) is 9.59 Å². The molecule has 8 heteroatoms. The van der Waals surface area contributed by atoms with Crippen molar-refractivity contribution < 1.29 is 9.59 Å². The number of aromatic nitrogens is 4. The number of carbonyl (C=O) groups excluding carboxylic acids is 2. The molecular formula is C20H20N6O2. The first-order chi connectivity index (χ1) is 13.5. The van der Waals surface area contributed by atoms with Gasteiger partial charge in [-0.2, -0.15) is 4.80 Å². The maximum absolute atomic E-state index is 13.1. The zero-order valence-corrected chi connectivity index (χ0v) is 15.7. The molecule has 1 aromatic heterocycles. The number of hydrogen-bond donors (Lipinski definition) is 1. The molecule has 4 rings (SSSR count). The van der Waals surface area contributed by atoms with Gasteiger partial charge in [0.15, 0.2) is 0 Å². The molecule has 1 atom stereocenters. The van der Waals surface area contributed by atoms with Crippen LogP contribution in [0.3, 0.4) is 0 Å². The van der Waals surface area contributed by atoms with Gasteiger partial charge in [-0.25, -0.2) is 0 Å². The van der Waals surface area contributed by atoms with E-state index in [0.717, 1.165) is 11.1 Å². The number of tetrazole rings is 1. The average molecular weight is 376 g/mol. The van der Waals surface area contributed by atoms with Crippen LogP contribution in [0.4, 0.5) is 11.4 Å². The Hall–Kier alpha value is -3.55. The second-order valence-corrected chi connectivity index (χ2v) is 6.84. The van der Waals surface area contributed by atoms with Crippen LogP contribution in [0, 0.1) is 6.92 Å². The van der Waals surface area contributed by atoms with Crippen molar-refractivity contribution in [1.82, 2.24) is 20.2 Å². The molecule has 2 heterocycles. The smallest absolute Gasteiger partial charge is 0.250 e. The van der Waals surface area contributed by atoms with Gasteiger partial charge in [0.25, 0.3) is 5.91 Å². The van der Waals surface area contributed by atoms with Crippen LogP contribution in [0.2, 0.25) is 0 Å². The highest BCUT2D eigenvalue weighted by Gasteiger charge is 2.30. The third-order valence-corrected chi connectivity index (χ3v) is 4.74. The molecule has 8 nitrogen and oxygen atoms in total. The van der Waals surface area contributed by atoms with Crippen LogP contribution in [-0.2, 0) is 16.1 Å². The van der Waals surface area contributed by atoms with Crippen molar-refractivity contribution in [3.8, 4) is 11.4 Å². The van der Waals surface area contributed by atoms with Gasteiger partial charge in [0.2, 0.25) is 11.7 Å². The standard InChI is InChI=1S/C20H20N6O2/c1-13-7-3-4-8-15(13)20-22-24-25(23-20)12-19(28)26-14(2)11-18(27)21-16-9-5-6-10-17(16)26/h3-10,14H,11-12H2,1-2H3,(H,21,27)/t14-/m0/s1. The third-order valence-electron chi connectivity index (χ3n) is 4.74. The Balaban J connectivity index is 1.60. The summed E-state index contributed by atoms with van der Waals surface area (Å²) < 4.78 is 0. The maximum atomic E-state index is 13.1. The molecule has 2 aromatic carbocycles. The van der Waals surface area contributed by atoms with Crippen molar-refractivity contribution in [2.45, 2.75) is 32.9 Å². The quantitative estimate of drug-likeness (QED) is 0.758. The fourth-order valence-electron chi connectivity index (χ4n) is 3.41. The Bertz CT molecular complexity index is 1040. The summed E-state index contributed by atoms with van der Waals surface area (Å²) in [6.07, 6.45) is 0.222. The van der Waals surface area contributed by atoms with Crippen molar-refractivity contribution in [1.29, 1.82) is 0 Å². The van der Waals surface area contributed by atoms with E-state index in [4.69, 9.17) is 0 Å². The Morgan fingerprint density at radius 1 is 1.18 bits per heavy atom. The minimum absolute atomic E-state index is 0.0637. The highest BCUT2D eigenvalue weighted by atomic mass is 16.2. The van der Waals surface area contributed by atoms with Gasteiger partial charge in [-0.05, 0) is 36.8 Å². The molecule has 0 fully saturated rings. The minimum atomic E-state index is -0.282. The number of anilines is 2. The first kappa shape index (κ1) is 17.8. The van der Waals surface area contributed by atoms with Gasteiger partial charge >= 0.3 is 0 Å². The predicted molar refractivity (Wildman–Crippen MR) is 105 cm³/mol.